The first kappa shape index (κ1) is 13.7. The van der Waals surface area contributed by atoms with Crippen LogP contribution in [0.25, 0.3) is 0 Å². The first-order valence-electron chi connectivity index (χ1n) is 7.87. The van der Waals surface area contributed by atoms with E-state index in [1.807, 2.05) is 18.2 Å². The molecule has 1 aliphatic heterocycles. The summed E-state index contributed by atoms with van der Waals surface area (Å²) in [5, 5.41) is 0. The first-order valence-corrected chi connectivity index (χ1v) is 7.87. The van der Waals surface area contributed by atoms with Crippen molar-refractivity contribution in [3.05, 3.63) is 30.3 Å². The Morgan fingerprint density at radius 1 is 1.00 bits per heavy atom. The highest BCUT2D eigenvalue weighted by atomic mass is 16.2. The van der Waals surface area contributed by atoms with Crippen LogP contribution >= 0.6 is 0 Å². The Kier molecular flexibility index (Phi) is 2.66. The Bertz CT molecular complexity index is 679. The molecule has 5 rings (SSSR count). The predicted octanol–water partition coefficient (Wildman–Crippen LogP) is 2.43. The van der Waals surface area contributed by atoms with Gasteiger partial charge in [0.15, 0.2) is 0 Å². The fourth-order valence-corrected chi connectivity index (χ4v) is 4.81. The molecule has 4 heteroatoms. The van der Waals surface area contributed by atoms with Gasteiger partial charge in [-0.05, 0) is 29.9 Å². The maximum atomic E-state index is 12.9. The molecule has 0 radical (unpaired) electrons. The molecule has 0 spiro atoms. The van der Waals surface area contributed by atoms with Crippen LogP contribution in [0.4, 0.5) is 5.69 Å². The summed E-state index contributed by atoms with van der Waals surface area (Å²) >= 11 is 0. The molecule has 4 nitrogen and oxygen atoms in total. The summed E-state index contributed by atoms with van der Waals surface area (Å²) < 4.78 is 0. The van der Waals surface area contributed by atoms with Gasteiger partial charge in [-0.25, -0.2) is 0 Å². The molecule has 114 valence electrons. The number of anilines is 1. The number of Topliss-reactive ketones (excluding diaryl/α,β-unsaturated/α-hetero) is 1. The highest BCUT2D eigenvalue weighted by molar-refractivity contribution is 6.23. The lowest BCUT2D eigenvalue weighted by Crippen LogP contribution is -2.54. The van der Waals surface area contributed by atoms with Gasteiger partial charge >= 0.3 is 0 Å². The number of imide groups is 1. The normalized spacial score (nSPS) is 35.9. The topological polar surface area (TPSA) is 54.5 Å². The summed E-state index contributed by atoms with van der Waals surface area (Å²) in [6.45, 7) is 4.24. The zero-order valence-corrected chi connectivity index (χ0v) is 12.8. The van der Waals surface area contributed by atoms with Gasteiger partial charge in [0.2, 0.25) is 11.8 Å². The molecule has 1 saturated heterocycles. The number of ketones is 1. The zero-order chi connectivity index (χ0) is 15.6. The second kappa shape index (κ2) is 4.28. The van der Waals surface area contributed by atoms with Crippen LogP contribution in [0.1, 0.15) is 26.7 Å². The second-order valence-corrected chi connectivity index (χ2v) is 7.48. The maximum Gasteiger partial charge on any atom is 0.238 e. The number of amides is 2. The van der Waals surface area contributed by atoms with Crippen LogP contribution < -0.4 is 4.90 Å². The fraction of sp³-hybridized carbons (Fsp3) is 0.500. The van der Waals surface area contributed by atoms with E-state index < -0.39 is 5.92 Å². The molecule has 1 aromatic carbocycles. The smallest absolute Gasteiger partial charge is 0.238 e. The van der Waals surface area contributed by atoms with Gasteiger partial charge in [0.25, 0.3) is 0 Å². The summed E-state index contributed by atoms with van der Waals surface area (Å²) in [5.74, 6) is -1.18. The van der Waals surface area contributed by atoms with Gasteiger partial charge in [0, 0.05) is 12.3 Å². The number of hydrogen-bond acceptors (Lipinski definition) is 3. The van der Waals surface area contributed by atoms with Crippen molar-refractivity contribution >= 4 is 23.3 Å². The Morgan fingerprint density at radius 3 is 2.32 bits per heavy atom. The highest BCUT2D eigenvalue weighted by Crippen LogP contribution is 2.59. The standard InChI is InChI=1S/C18H19NO3/c1-18(2)9-11-13(20)8-12(18)15-14(11)16(21)19(17(15)22)10-6-4-3-5-7-10/h3-7,11-12,14-15H,8-9H2,1-2H3/t11-,12+,14+,15-/m0/s1. The van der Waals surface area contributed by atoms with Gasteiger partial charge < -0.3 is 0 Å². The number of fused-ring (bicyclic) bond motifs is 2. The monoisotopic (exact) mass is 297 g/mol. The minimum atomic E-state index is -0.438. The molecule has 0 aromatic heterocycles. The average molecular weight is 297 g/mol. The average Bonchev–Trinajstić information content (AvgIpc) is 2.74. The SMILES string of the molecule is CC1(C)C[C@H]2C(=O)C[C@@H]1[C@@H]1C(=O)N(c3ccccc3)C(=O)[C@@H]12. The molecule has 1 aromatic rings. The Labute approximate surface area is 129 Å². The van der Waals surface area contributed by atoms with Crippen molar-refractivity contribution in [2.45, 2.75) is 26.7 Å². The number of rotatable bonds is 1. The molecule has 1 heterocycles. The van der Waals surface area contributed by atoms with E-state index in [2.05, 4.69) is 13.8 Å². The number of hydrogen-bond donors (Lipinski definition) is 0. The van der Waals surface area contributed by atoms with Gasteiger partial charge in [-0.3, -0.25) is 19.3 Å². The lowest BCUT2D eigenvalue weighted by Gasteiger charge is -2.51. The largest absolute Gasteiger partial charge is 0.299 e. The highest BCUT2D eigenvalue weighted by Gasteiger charge is 2.65. The summed E-state index contributed by atoms with van der Waals surface area (Å²) in [4.78, 5) is 39.4. The van der Waals surface area contributed by atoms with Crippen LogP contribution in [0.15, 0.2) is 30.3 Å². The molecule has 2 bridgehead atoms. The molecule has 4 atom stereocenters. The van der Waals surface area contributed by atoms with Crippen LogP contribution in [-0.2, 0) is 14.4 Å². The summed E-state index contributed by atoms with van der Waals surface area (Å²) in [6, 6.07) is 9.06. The minimum Gasteiger partial charge on any atom is -0.299 e. The number of benzene rings is 1. The quantitative estimate of drug-likeness (QED) is 0.748. The van der Waals surface area contributed by atoms with E-state index >= 15 is 0 Å². The van der Waals surface area contributed by atoms with E-state index in [1.54, 1.807) is 12.1 Å². The molecule has 4 aliphatic rings. The third-order valence-electron chi connectivity index (χ3n) is 5.86. The van der Waals surface area contributed by atoms with E-state index in [-0.39, 0.29) is 40.8 Å². The van der Waals surface area contributed by atoms with Crippen molar-refractivity contribution in [3.8, 4) is 0 Å². The van der Waals surface area contributed by atoms with Crippen molar-refractivity contribution < 1.29 is 14.4 Å². The number of carbonyl (C=O) groups is 3. The Hall–Kier alpha value is -1.97. The molecule has 0 unspecified atom stereocenters. The fourth-order valence-electron chi connectivity index (χ4n) is 4.81. The molecule has 22 heavy (non-hydrogen) atoms. The number of para-hydroxylation sites is 1. The summed E-state index contributed by atoms with van der Waals surface area (Å²) in [7, 11) is 0. The zero-order valence-electron chi connectivity index (χ0n) is 12.8. The summed E-state index contributed by atoms with van der Waals surface area (Å²) in [6.07, 6.45) is 1.17. The van der Waals surface area contributed by atoms with Gasteiger partial charge in [-0.2, -0.15) is 0 Å². The van der Waals surface area contributed by atoms with E-state index in [9.17, 15) is 14.4 Å². The van der Waals surface area contributed by atoms with E-state index in [0.717, 1.165) is 6.42 Å². The van der Waals surface area contributed by atoms with Crippen LogP contribution in [0.2, 0.25) is 0 Å². The van der Waals surface area contributed by atoms with Crippen LogP contribution in [0, 0.1) is 29.1 Å². The molecular weight excluding hydrogens is 278 g/mol. The maximum absolute atomic E-state index is 12.9. The van der Waals surface area contributed by atoms with Gasteiger partial charge in [-0.1, -0.05) is 32.0 Å². The van der Waals surface area contributed by atoms with Crippen LogP contribution in [0.5, 0.6) is 0 Å². The Balaban J connectivity index is 1.80. The van der Waals surface area contributed by atoms with Gasteiger partial charge in [0.1, 0.15) is 5.78 Å². The lowest BCUT2D eigenvalue weighted by atomic mass is 9.49. The Morgan fingerprint density at radius 2 is 1.64 bits per heavy atom. The third kappa shape index (κ3) is 1.61. The molecule has 2 amide bonds. The number of carbonyl (C=O) groups excluding carboxylic acids is 3. The third-order valence-corrected chi connectivity index (χ3v) is 5.86. The second-order valence-electron chi connectivity index (χ2n) is 7.48. The minimum absolute atomic E-state index is 0.0137. The molecule has 3 aliphatic carbocycles. The van der Waals surface area contributed by atoms with Crippen molar-refractivity contribution in [3.63, 3.8) is 0 Å². The van der Waals surface area contributed by atoms with E-state index in [4.69, 9.17) is 0 Å². The molecule has 0 N–H and O–H groups in total. The van der Waals surface area contributed by atoms with Crippen molar-refractivity contribution in [2.75, 3.05) is 4.90 Å². The van der Waals surface area contributed by atoms with Gasteiger partial charge in [-0.15, -0.1) is 0 Å². The van der Waals surface area contributed by atoms with E-state index in [1.165, 1.54) is 4.90 Å². The van der Waals surface area contributed by atoms with Crippen LogP contribution in [-0.4, -0.2) is 17.6 Å². The molecular formula is C18H19NO3. The van der Waals surface area contributed by atoms with Gasteiger partial charge in [0.05, 0.1) is 17.5 Å². The first-order chi connectivity index (χ1) is 10.4. The van der Waals surface area contributed by atoms with Crippen molar-refractivity contribution in [1.29, 1.82) is 0 Å². The van der Waals surface area contributed by atoms with E-state index in [0.29, 0.717) is 12.1 Å². The lowest BCUT2D eigenvalue weighted by molar-refractivity contribution is -0.153. The number of nitrogens with zero attached hydrogens (tertiary/aromatic N) is 1. The van der Waals surface area contributed by atoms with Crippen molar-refractivity contribution in [1.82, 2.24) is 0 Å². The molecule has 3 saturated carbocycles. The van der Waals surface area contributed by atoms with Crippen molar-refractivity contribution in [2.24, 2.45) is 29.1 Å². The van der Waals surface area contributed by atoms with Crippen LogP contribution in [0.3, 0.4) is 0 Å². The molecule has 4 fully saturated rings. The predicted molar refractivity (Wildman–Crippen MR) is 80.9 cm³/mol. The summed E-state index contributed by atoms with van der Waals surface area (Å²) in [5.41, 5.74) is 0.569.